The van der Waals surface area contributed by atoms with Crippen molar-refractivity contribution in [3.63, 3.8) is 0 Å². The van der Waals surface area contributed by atoms with Gasteiger partial charge >= 0.3 is 12.1 Å². The average molecular weight is 522 g/mol. The fourth-order valence-corrected chi connectivity index (χ4v) is 3.96. The summed E-state index contributed by atoms with van der Waals surface area (Å²) in [5.41, 5.74) is 2.30. The Morgan fingerprint density at radius 3 is 2.36 bits per heavy atom. The highest BCUT2D eigenvalue weighted by Gasteiger charge is 2.40. The zero-order chi connectivity index (χ0) is 23.8. The molecule has 0 spiro atoms. The van der Waals surface area contributed by atoms with Crippen molar-refractivity contribution in [1.82, 2.24) is 5.32 Å². The van der Waals surface area contributed by atoms with Crippen molar-refractivity contribution in [2.24, 2.45) is 0 Å². The van der Waals surface area contributed by atoms with Crippen LogP contribution in [0.1, 0.15) is 28.3 Å². The Bertz CT molecular complexity index is 1070. The van der Waals surface area contributed by atoms with Gasteiger partial charge in [0.05, 0.1) is 13.5 Å². The molecule has 0 aliphatic carbocycles. The topological polar surface area (TPSA) is 47.6 Å². The van der Waals surface area contributed by atoms with Crippen LogP contribution in [0.15, 0.2) is 77.3 Å². The molecule has 3 aromatic rings. The summed E-state index contributed by atoms with van der Waals surface area (Å²) in [5.74, 6) is 0.170. The Morgan fingerprint density at radius 2 is 1.67 bits per heavy atom. The standard InChI is InChI=1S/C25H23BrF3NO3/c1-32-23(31)14-20-9-5-6-10-22(20)33-16-18-11-17(12-21(26)13-18)15-30-24(25(27,28)29)19-7-3-2-4-8-19/h2-13,24,30H,14-16H2,1H3. The molecule has 1 atom stereocenters. The maximum Gasteiger partial charge on any atom is 0.407 e. The first-order chi connectivity index (χ1) is 15.8. The van der Waals surface area contributed by atoms with Crippen molar-refractivity contribution in [3.05, 3.63) is 99.5 Å². The number of hydrogen-bond donors (Lipinski definition) is 1. The first-order valence-electron chi connectivity index (χ1n) is 10.2. The number of ether oxygens (including phenoxy) is 2. The number of carbonyl (C=O) groups is 1. The molecule has 0 amide bonds. The monoisotopic (exact) mass is 521 g/mol. The second-order valence-electron chi connectivity index (χ2n) is 7.38. The number of rotatable bonds is 9. The number of halogens is 4. The maximum absolute atomic E-state index is 13.6. The molecule has 4 nitrogen and oxygen atoms in total. The molecule has 0 aromatic heterocycles. The van der Waals surface area contributed by atoms with Gasteiger partial charge in [-0.15, -0.1) is 0 Å². The molecule has 0 fully saturated rings. The van der Waals surface area contributed by atoms with Crippen LogP contribution in [0.25, 0.3) is 0 Å². The molecular weight excluding hydrogens is 499 g/mol. The summed E-state index contributed by atoms with van der Waals surface area (Å²) < 4.78 is 52.2. The van der Waals surface area contributed by atoms with Crippen LogP contribution in [0.3, 0.4) is 0 Å². The van der Waals surface area contributed by atoms with E-state index < -0.39 is 12.2 Å². The largest absolute Gasteiger partial charge is 0.489 e. The van der Waals surface area contributed by atoms with Crippen LogP contribution in [0.4, 0.5) is 13.2 Å². The second-order valence-corrected chi connectivity index (χ2v) is 8.30. The van der Waals surface area contributed by atoms with Crippen LogP contribution in [0.5, 0.6) is 5.75 Å². The molecule has 0 aliphatic rings. The summed E-state index contributed by atoms with van der Waals surface area (Å²) in [7, 11) is 1.32. The highest BCUT2D eigenvalue weighted by molar-refractivity contribution is 9.10. The number of alkyl halides is 3. The van der Waals surface area contributed by atoms with Gasteiger partial charge < -0.3 is 9.47 Å². The van der Waals surface area contributed by atoms with Crippen LogP contribution in [-0.4, -0.2) is 19.3 Å². The Morgan fingerprint density at radius 1 is 1.00 bits per heavy atom. The minimum absolute atomic E-state index is 0.0183. The normalized spacial score (nSPS) is 12.3. The number of nitrogens with one attached hydrogen (secondary N) is 1. The molecule has 8 heteroatoms. The van der Waals surface area contributed by atoms with Crippen LogP contribution < -0.4 is 10.1 Å². The maximum atomic E-state index is 13.6. The fraction of sp³-hybridized carbons (Fsp3) is 0.240. The molecule has 174 valence electrons. The van der Waals surface area contributed by atoms with Gasteiger partial charge in [-0.2, -0.15) is 13.2 Å². The Balaban J connectivity index is 1.71. The lowest BCUT2D eigenvalue weighted by Crippen LogP contribution is -2.33. The van der Waals surface area contributed by atoms with Crippen LogP contribution in [-0.2, 0) is 29.1 Å². The Labute approximate surface area is 198 Å². The number of benzene rings is 3. The smallest absolute Gasteiger partial charge is 0.407 e. The predicted octanol–water partition coefficient (Wildman–Crippen LogP) is 6.14. The molecule has 1 N–H and O–H groups in total. The van der Waals surface area contributed by atoms with E-state index in [0.29, 0.717) is 16.9 Å². The van der Waals surface area contributed by atoms with Gasteiger partial charge in [0.2, 0.25) is 0 Å². The zero-order valence-corrected chi connectivity index (χ0v) is 19.4. The molecular formula is C25H23BrF3NO3. The molecule has 0 heterocycles. The van der Waals surface area contributed by atoms with Gasteiger partial charge in [0.1, 0.15) is 18.4 Å². The van der Waals surface area contributed by atoms with Gasteiger partial charge in [-0.25, -0.2) is 0 Å². The molecule has 0 radical (unpaired) electrons. The van der Waals surface area contributed by atoms with Crippen molar-refractivity contribution in [2.75, 3.05) is 7.11 Å². The lowest BCUT2D eigenvalue weighted by molar-refractivity contribution is -0.158. The van der Waals surface area contributed by atoms with E-state index in [9.17, 15) is 18.0 Å². The van der Waals surface area contributed by atoms with E-state index in [1.807, 2.05) is 6.07 Å². The van der Waals surface area contributed by atoms with Crippen molar-refractivity contribution < 1.29 is 27.4 Å². The van der Waals surface area contributed by atoms with E-state index >= 15 is 0 Å². The zero-order valence-electron chi connectivity index (χ0n) is 17.9. The van der Waals surface area contributed by atoms with Crippen LogP contribution in [0.2, 0.25) is 0 Å². The summed E-state index contributed by atoms with van der Waals surface area (Å²) >= 11 is 3.42. The number of methoxy groups -OCH3 is 1. The van der Waals surface area contributed by atoms with Crippen molar-refractivity contribution in [3.8, 4) is 5.75 Å². The SMILES string of the molecule is COC(=O)Cc1ccccc1OCc1cc(Br)cc(CNC(c2ccccc2)C(F)(F)F)c1. The van der Waals surface area contributed by atoms with Crippen LogP contribution >= 0.6 is 15.9 Å². The van der Waals surface area contributed by atoms with Crippen molar-refractivity contribution >= 4 is 21.9 Å². The molecule has 33 heavy (non-hydrogen) atoms. The van der Waals surface area contributed by atoms with E-state index in [-0.39, 0.29) is 31.1 Å². The predicted molar refractivity (Wildman–Crippen MR) is 123 cm³/mol. The first-order valence-corrected chi connectivity index (χ1v) is 11.0. The van der Waals surface area contributed by atoms with E-state index in [1.165, 1.54) is 19.2 Å². The Hall–Kier alpha value is -2.84. The molecule has 0 bridgehead atoms. The molecule has 1 unspecified atom stereocenters. The number of hydrogen-bond acceptors (Lipinski definition) is 4. The van der Waals surface area contributed by atoms with E-state index in [0.717, 1.165) is 10.0 Å². The lowest BCUT2D eigenvalue weighted by atomic mass is 10.1. The van der Waals surface area contributed by atoms with Gasteiger partial charge in [-0.05, 0) is 34.9 Å². The highest BCUT2D eigenvalue weighted by Crippen LogP contribution is 2.33. The molecule has 0 aliphatic heterocycles. The summed E-state index contributed by atoms with van der Waals surface area (Å²) in [4.78, 5) is 11.6. The highest BCUT2D eigenvalue weighted by atomic mass is 79.9. The second kappa shape index (κ2) is 11.3. The molecule has 0 saturated heterocycles. The minimum Gasteiger partial charge on any atom is -0.489 e. The lowest BCUT2D eigenvalue weighted by Gasteiger charge is -2.22. The Kier molecular flexibility index (Phi) is 8.52. The number of para-hydroxylation sites is 1. The molecule has 0 saturated carbocycles. The van der Waals surface area contributed by atoms with E-state index in [1.54, 1.807) is 54.6 Å². The molecule has 3 rings (SSSR count). The third kappa shape index (κ3) is 7.33. The van der Waals surface area contributed by atoms with Gasteiger partial charge in [0.25, 0.3) is 0 Å². The summed E-state index contributed by atoms with van der Waals surface area (Å²) in [6, 6.07) is 18.5. The number of carbonyl (C=O) groups excluding carboxylic acids is 1. The van der Waals surface area contributed by atoms with Gasteiger partial charge in [-0.1, -0.05) is 70.5 Å². The summed E-state index contributed by atoms with van der Waals surface area (Å²) in [6.45, 7) is 0.205. The van der Waals surface area contributed by atoms with Gasteiger partial charge in [0, 0.05) is 16.6 Å². The average Bonchev–Trinajstić information content (AvgIpc) is 2.78. The quantitative estimate of drug-likeness (QED) is 0.343. The first kappa shape index (κ1) is 24.8. The summed E-state index contributed by atoms with van der Waals surface area (Å²) in [5, 5.41) is 2.62. The summed E-state index contributed by atoms with van der Waals surface area (Å²) in [6.07, 6.45) is -4.35. The minimum atomic E-state index is -4.43. The van der Waals surface area contributed by atoms with Gasteiger partial charge in [0.15, 0.2) is 0 Å². The van der Waals surface area contributed by atoms with E-state index in [4.69, 9.17) is 9.47 Å². The third-order valence-electron chi connectivity index (χ3n) is 4.92. The molecule has 3 aromatic carbocycles. The van der Waals surface area contributed by atoms with E-state index in [2.05, 4.69) is 21.2 Å². The fourth-order valence-electron chi connectivity index (χ4n) is 3.37. The van der Waals surface area contributed by atoms with Crippen molar-refractivity contribution in [2.45, 2.75) is 31.8 Å². The third-order valence-corrected chi connectivity index (χ3v) is 5.38. The van der Waals surface area contributed by atoms with Crippen molar-refractivity contribution in [1.29, 1.82) is 0 Å². The van der Waals surface area contributed by atoms with Crippen LogP contribution in [0, 0.1) is 0 Å². The number of esters is 1. The van der Waals surface area contributed by atoms with Gasteiger partial charge in [-0.3, -0.25) is 10.1 Å².